The second kappa shape index (κ2) is 10.2. The largest absolute Gasteiger partial charge is 0.457 e. The molecule has 7 heteroatoms. The molecule has 5 rings (SSSR count). The van der Waals surface area contributed by atoms with Gasteiger partial charge in [-0.1, -0.05) is 71.7 Å². The van der Waals surface area contributed by atoms with Crippen molar-refractivity contribution in [1.29, 1.82) is 0 Å². The summed E-state index contributed by atoms with van der Waals surface area (Å²) in [5.74, 6) is 0.993. The van der Waals surface area contributed by atoms with Gasteiger partial charge in [-0.3, -0.25) is 9.69 Å². The van der Waals surface area contributed by atoms with Crippen molar-refractivity contribution in [3.8, 4) is 11.3 Å². The lowest BCUT2D eigenvalue weighted by Gasteiger charge is -2.24. The normalized spacial score (nSPS) is 16.9. The van der Waals surface area contributed by atoms with Gasteiger partial charge in [-0.15, -0.1) is 0 Å². The Morgan fingerprint density at radius 1 is 0.943 bits per heavy atom. The van der Waals surface area contributed by atoms with Crippen molar-refractivity contribution in [3.63, 3.8) is 0 Å². The molecule has 1 aromatic heterocycles. The molecule has 1 amide bonds. The Morgan fingerprint density at radius 3 is 2.40 bits per heavy atom. The van der Waals surface area contributed by atoms with Crippen molar-refractivity contribution in [2.24, 2.45) is 4.99 Å². The minimum absolute atomic E-state index is 0.125. The summed E-state index contributed by atoms with van der Waals surface area (Å²) in [6, 6.07) is 28.2. The van der Waals surface area contributed by atoms with Gasteiger partial charge in [0.05, 0.1) is 21.7 Å². The summed E-state index contributed by atoms with van der Waals surface area (Å²) in [6.45, 7) is 2.00. The van der Waals surface area contributed by atoms with Gasteiger partial charge in [-0.05, 0) is 66.7 Å². The molecular formula is C28H20Cl2N2O2S. The van der Waals surface area contributed by atoms with E-state index in [1.807, 2.05) is 79.7 Å². The fourth-order valence-corrected chi connectivity index (χ4v) is 5.22. The first-order chi connectivity index (χ1) is 17.0. The highest BCUT2D eigenvalue weighted by atomic mass is 35.5. The number of hydrogen-bond acceptors (Lipinski definition) is 4. The first-order valence-corrected chi connectivity index (χ1v) is 12.5. The molecule has 0 radical (unpaired) electrons. The van der Waals surface area contributed by atoms with Crippen molar-refractivity contribution in [2.45, 2.75) is 13.0 Å². The third-order valence-corrected chi connectivity index (χ3v) is 7.13. The molecular weight excluding hydrogens is 499 g/mol. The lowest BCUT2D eigenvalue weighted by molar-refractivity contribution is -0.123. The highest BCUT2D eigenvalue weighted by Gasteiger charge is 2.37. The fraction of sp³-hybridized carbons (Fsp3) is 0.0714. The van der Waals surface area contributed by atoms with Gasteiger partial charge in [0.25, 0.3) is 5.91 Å². The minimum atomic E-state index is -0.193. The zero-order valence-corrected chi connectivity index (χ0v) is 21.0. The second-order valence-corrected chi connectivity index (χ2v) is 9.78. The number of para-hydroxylation sites is 1. The van der Waals surface area contributed by atoms with Crippen LogP contribution in [0.4, 0.5) is 5.69 Å². The number of nitrogens with zero attached hydrogens (tertiary/aromatic N) is 2. The SMILES string of the molecule is C[C@@H](c1ccccc1)N1C(=O)/C(=C\c2ccc(-c3cc(Cl)ccc3Cl)o2)SC1=Nc1ccccc1. The summed E-state index contributed by atoms with van der Waals surface area (Å²) in [5.41, 5.74) is 2.50. The van der Waals surface area contributed by atoms with Gasteiger partial charge >= 0.3 is 0 Å². The molecule has 4 aromatic rings. The molecule has 0 bridgehead atoms. The lowest BCUT2D eigenvalue weighted by Crippen LogP contribution is -2.32. The van der Waals surface area contributed by atoms with E-state index in [1.54, 1.807) is 29.2 Å². The van der Waals surface area contributed by atoms with E-state index >= 15 is 0 Å². The molecule has 1 saturated heterocycles. The van der Waals surface area contributed by atoms with E-state index in [0.29, 0.717) is 37.2 Å². The van der Waals surface area contributed by atoms with Gasteiger partial charge in [0.1, 0.15) is 11.5 Å². The molecule has 1 fully saturated rings. The molecule has 0 saturated carbocycles. The summed E-state index contributed by atoms with van der Waals surface area (Å²) in [6.07, 6.45) is 1.74. The van der Waals surface area contributed by atoms with E-state index in [2.05, 4.69) is 0 Å². The Kier molecular flexibility index (Phi) is 6.82. The fourth-order valence-electron chi connectivity index (χ4n) is 3.79. The first-order valence-electron chi connectivity index (χ1n) is 11.0. The van der Waals surface area contributed by atoms with E-state index in [0.717, 1.165) is 11.3 Å². The number of amidine groups is 1. The lowest BCUT2D eigenvalue weighted by atomic mass is 10.1. The molecule has 3 aromatic carbocycles. The smallest absolute Gasteiger partial charge is 0.267 e. The highest BCUT2D eigenvalue weighted by molar-refractivity contribution is 8.18. The van der Waals surface area contributed by atoms with Crippen molar-refractivity contribution >= 4 is 57.8 Å². The zero-order valence-electron chi connectivity index (χ0n) is 18.7. The second-order valence-electron chi connectivity index (χ2n) is 7.93. The number of rotatable bonds is 5. The number of furan rings is 1. The maximum absolute atomic E-state index is 13.6. The molecule has 0 aliphatic carbocycles. The van der Waals surface area contributed by atoms with Crippen LogP contribution < -0.4 is 0 Å². The minimum Gasteiger partial charge on any atom is -0.457 e. The van der Waals surface area contributed by atoms with Gasteiger partial charge in [-0.2, -0.15) is 0 Å². The molecule has 0 spiro atoms. The van der Waals surface area contributed by atoms with E-state index in [-0.39, 0.29) is 11.9 Å². The number of hydrogen-bond donors (Lipinski definition) is 0. The van der Waals surface area contributed by atoms with Crippen molar-refractivity contribution < 1.29 is 9.21 Å². The predicted octanol–water partition coefficient (Wildman–Crippen LogP) is 8.62. The van der Waals surface area contributed by atoms with Crippen LogP contribution in [-0.2, 0) is 4.79 Å². The summed E-state index contributed by atoms with van der Waals surface area (Å²) < 4.78 is 6.01. The molecule has 0 N–H and O–H groups in total. The Balaban J connectivity index is 1.50. The maximum atomic E-state index is 13.6. The third kappa shape index (κ3) is 5.08. The average Bonchev–Trinajstić information content (AvgIpc) is 3.46. The molecule has 2 heterocycles. The molecule has 35 heavy (non-hydrogen) atoms. The van der Waals surface area contributed by atoms with Gasteiger partial charge < -0.3 is 4.42 Å². The number of halogens is 2. The third-order valence-electron chi connectivity index (χ3n) is 5.58. The maximum Gasteiger partial charge on any atom is 0.267 e. The summed E-state index contributed by atoms with van der Waals surface area (Å²) >= 11 is 13.8. The monoisotopic (exact) mass is 518 g/mol. The van der Waals surface area contributed by atoms with Crippen LogP contribution in [0.2, 0.25) is 10.0 Å². The van der Waals surface area contributed by atoms with Crippen molar-refractivity contribution in [1.82, 2.24) is 4.90 Å². The van der Waals surface area contributed by atoms with Gasteiger partial charge in [-0.25, -0.2) is 4.99 Å². The highest BCUT2D eigenvalue weighted by Crippen LogP contribution is 2.40. The van der Waals surface area contributed by atoms with E-state index in [9.17, 15) is 4.79 Å². The van der Waals surface area contributed by atoms with Crippen LogP contribution >= 0.6 is 35.0 Å². The van der Waals surface area contributed by atoms with Crippen LogP contribution in [0.3, 0.4) is 0 Å². The van der Waals surface area contributed by atoms with Crippen LogP contribution in [0, 0.1) is 0 Å². The number of carbonyl (C=O) groups is 1. The van der Waals surface area contributed by atoms with Gasteiger partial charge in [0.2, 0.25) is 0 Å². The molecule has 1 aliphatic rings. The van der Waals surface area contributed by atoms with Crippen LogP contribution in [0.25, 0.3) is 17.4 Å². The summed E-state index contributed by atoms with van der Waals surface area (Å²) in [5, 5.41) is 1.72. The van der Waals surface area contributed by atoms with Crippen molar-refractivity contribution in [2.75, 3.05) is 0 Å². The molecule has 174 valence electrons. The number of carbonyl (C=O) groups excluding carboxylic acids is 1. The standard InChI is InChI=1S/C28H20Cl2N2O2S/c1-18(19-8-4-2-5-9-19)32-27(33)26(35-28(32)31-21-10-6-3-7-11-21)17-22-13-15-25(34-22)23-16-20(29)12-14-24(23)30/h2-18H,1H3/b26-17+,31-28?/t18-/m0/s1. The van der Waals surface area contributed by atoms with Crippen LogP contribution in [0.15, 0.2) is 105 Å². The van der Waals surface area contributed by atoms with Gasteiger partial charge in [0.15, 0.2) is 5.17 Å². The predicted molar refractivity (Wildman–Crippen MR) is 145 cm³/mol. The Labute approximate surface area is 217 Å². The molecule has 1 aliphatic heterocycles. The van der Waals surface area contributed by atoms with Gasteiger partial charge in [0, 0.05) is 16.7 Å². The topological polar surface area (TPSA) is 45.8 Å². The number of aliphatic imine (C=N–C) groups is 1. The van der Waals surface area contributed by atoms with Crippen LogP contribution in [0.1, 0.15) is 24.3 Å². The van der Waals surface area contributed by atoms with E-state index < -0.39 is 0 Å². The first kappa shape index (κ1) is 23.5. The Bertz CT molecular complexity index is 1430. The molecule has 4 nitrogen and oxygen atoms in total. The summed E-state index contributed by atoms with van der Waals surface area (Å²) in [7, 11) is 0. The Morgan fingerprint density at radius 2 is 1.66 bits per heavy atom. The van der Waals surface area contributed by atoms with Crippen LogP contribution in [-0.4, -0.2) is 16.0 Å². The zero-order chi connectivity index (χ0) is 24.4. The van der Waals surface area contributed by atoms with E-state index in [1.165, 1.54) is 11.8 Å². The van der Waals surface area contributed by atoms with E-state index in [4.69, 9.17) is 32.6 Å². The molecule has 0 unspecified atom stereocenters. The van der Waals surface area contributed by atoms with Crippen LogP contribution in [0.5, 0.6) is 0 Å². The number of amides is 1. The Hall–Kier alpha value is -3.25. The molecule has 1 atom stereocenters. The van der Waals surface area contributed by atoms with Crippen molar-refractivity contribution in [3.05, 3.63) is 117 Å². The average molecular weight is 519 g/mol. The number of thioether (sulfide) groups is 1. The number of benzene rings is 3. The summed E-state index contributed by atoms with van der Waals surface area (Å²) in [4.78, 5) is 20.6. The quantitative estimate of drug-likeness (QED) is 0.248.